The predicted octanol–water partition coefficient (Wildman–Crippen LogP) is 6.27. The molecule has 0 bridgehead atoms. The molecular weight excluding hydrogens is 599 g/mol. The summed E-state index contributed by atoms with van der Waals surface area (Å²) >= 11 is 3.06. The van der Waals surface area contributed by atoms with Gasteiger partial charge < -0.3 is 24.2 Å². The van der Waals surface area contributed by atoms with E-state index < -0.39 is 35.3 Å². The van der Waals surface area contributed by atoms with E-state index in [1.165, 1.54) is 17.9 Å². The van der Waals surface area contributed by atoms with E-state index in [4.69, 9.17) is 14.2 Å². The number of halogens is 4. The molecule has 1 aliphatic heterocycles. The number of nitrogens with zero attached hydrogens (tertiary/aromatic N) is 3. The molecule has 0 spiro atoms. The van der Waals surface area contributed by atoms with Gasteiger partial charge in [0.05, 0.1) is 13.4 Å². The number of hydrogen-bond donors (Lipinski definition) is 1. The third kappa shape index (κ3) is 7.70. The second-order valence-electron chi connectivity index (χ2n) is 10.5. The van der Waals surface area contributed by atoms with Crippen molar-refractivity contribution in [3.05, 3.63) is 51.3 Å². The van der Waals surface area contributed by atoms with Crippen molar-refractivity contribution >= 4 is 33.6 Å². The zero-order valence-electron chi connectivity index (χ0n) is 23.0. The van der Waals surface area contributed by atoms with Gasteiger partial charge in [-0.2, -0.15) is 13.2 Å². The van der Waals surface area contributed by atoms with E-state index in [0.717, 1.165) is 6.26 Å². The van der Waals surface area contributed by atoms with Crippen LogP contribution in [0.4, 0.5) is 18.0 Å². The van der Waals surface area contributed by atoms with Crippen molar-refractivity contribution in [2.45, 2.75) is 65.5 Å². The van der Waals surface area contributed by atoms with Crippen LogP contribution in [0.15, 0.2) is 29.1 Å². The van der Waals surface area contributed by atoms with E-state index in [2.05, 4.69) is 21.0 Å². The van der Waals surface area contributed by atoms with E-state index in [1.807, 2.05) is 0 Å². The van der Waals surface area contributed by atoms with Gasteiger partial charge in [0.25, 0.3) is 0 Å². The molecule has 0 saturated carbocycles. The number of rotatable bonds is 8. The number of ether oxygens (including phenoxy) is 3. The third-order valence-electron chi connectivity index (χ3n) is 6.36. The van der Waals surface area contributed by atoms with Gasteiger partial charge in [0.15, 0.2) is 5.56 Å². The first-order chi connectivity index (χ1) is 18.6. The second kappa shape index (κ2) is 12.5. The summed E-state index contributed by atoms with van der Waals surface area (Å²) in [5.74, 6) is -1.90. The average molecular weight is 632 g/mol. The Labute approximate surface area is 239 Å². The molecule has 0 radical (unpaired) electrons. The first kappa shape index (κ1) is 31.3. The van der Waals surface area contributed by atoms with Gasteiger partial charge in [0, 0.05) is 25.2 Å². The lowest BCUT2D eigenvalue weighted by molar-refractivity contribution is -0.139. The molecule has 1 saturated heterocycles. The van der Waals surface area contributed by atoms with Crippen LogP contribution in [0.1, 0.15) is 55.9 Å². The number of aliphatic carboxylic acids is 1. The van der Waals surface area contributed by atoms with Crippen LogP contribution in [0.3, 0.4) is 0 Å². The summed E-state index contributed by atoms with van der Waals surface area (Å²) in [6, 6.07) is 4.88. The maximum Gasteiger partial charge on any atom is 0.424 e. The van der Waals surface area contributed by atoms with Crippen molar-refractivity contribution in [1.82, 2.24) is 14.7 Å². The fourth-order valence-electron chi connectivity index (χ4n) is 4.38. The van der Waals surface area contributed by atoms with Gasteiger partial charge in [0.2, 0.25) is 5.88 Å². The van der Waals surface area contributed by atoms with Crippen LogP contribution in [-0.4, -0.2) is 57.6 Å². The van der Waals surface area contributed by atoms with Gasteiger partial charge in [-0.1, -0.05) is 18.2 Å². The van der Waals surface area contributed by atoms with E-state index in [0.29, 0.717) is 37.1 Å². The Morgan fingerprint density at radius 1 is 1.20 bits per heavy atom. The van der Waals surface area contributed by atoms with Gasteiger partial charge in [-0.3, -0.25) is 4.68 Å². The number of aryl methyl sites for hydroxylation is 1. The number of carboxylic acid groups (broad SMARTS) is 1. The highest BCUT2D eigenvalue weighted by Crippen LogP contribution is 2.42. The molecular formula is C27H33BrF3N3O6. The molecule has 1 N–H and O–H groups in total. The smallest absolute Gasteiger partial charge is 0.424 e. The number of amides is 1. The normalized spacial score (nSPS) is 15.2. The van der Waals surface area contributed by atoms with Gasteiger partial charge in [0.1, 0.15) is 22.4 Å². The van der Waals surface area contributed by atoms with Crippen molar-refractivity contribution < 1.29 is 42.1 Å². The standard InChI is InChI=1S/C27H33BrF3N3O6/c1-16-7-6-8-18(20(14-38-5)24(35)36)19(16)15-39-23-21(27(29,30)31)22(28)34(32-23)13-17-9-11-33(12-10-17)25(37)40-26(2,3)4/h6-8,14,17H,9-13,15H2,1-5H3,(H,35,36)/b20-14+. The zero-order chi connectivity index (χ0) is 29.8. The van der Waals surface area contributed by atoms with Crippen LogP contribution in [-0.2, 0) is 33.6 Å². The number of benzene rings is 1. The topological polar surface area (TPSA) is 103 Å². The minimum Gasteiger partial charge on any atom is -0.503 e. The van der Waals surface area contributed by atoms with Crippen LogP contribution in [0.2, 0.25) is 0 Å². The van der Waals surface area contributed by atoms with Crippen LogP contribution in [0, 0.1) is 12.8 Å². The van der Waals surface area contributed by atoms with Crippen molar-refractivity contribution in [1.29, 1.82) is 0 Å². The molecule has 2 aromatic rings. The molecule has 1 aromatic carbocycles. The highest BCUT2D eigenvalue weighted by atomic mass is 79.9. The largest absolute Gasteiger partial charge is 0.503 e. The Balaban J connectivity index is 1.81. The van der Waals surface area contributed by atoms with Crippen LogP contribution in [0.25, 0.3) is 5.57 Å². The molecule has 1 fully saturated rings. The summed E-state index contributed by atoms with van der Waals surface area (Å²) in [6.07, 6.45) is -2.98. The number of likely N-dealkylation sites (tertiary alicyclic amines) is 1. The van der Waals surface area contributed by atoms with Crippen LogP contribution >= 0.6 is 15.9 Å². The Bertz CT molecular complexity index is 1260. The summed E-state index contributed by atoms with van der Waals surface area (Å²) in [7, 11) is 1.30. The average Bonchev–Trinajstić information content (AvgIpc) is 3.16. The first-order valence-electron chi connectivity index (χ1n) is 12.6. The minimum atomic E-state index is -4.76. The van der Waals surface area contributed by atoms with Crippen LogP contribution in [0.5, 0.6) is 5.88 Å². The molecule has 40 heavy (non-hydrogen) atoms. The second-order valence-corrected chi connectivity index (χ2v) is 11.3. The summed E-state index contributed by atoms with van der Waals surface area (Å²) in [5.41, 5.74) is -0.554. The molecule has 1 aromatic heterocycles. The molecule has 1 aliphatic rings. The fraction of sp³-hybridized carbons (Fsp3) is 0.519. The monoisotopic (exact) mass is 631 g/mol. The van der Waals surface area contributed by atoms with Crippen molar-refractivity contribution in [3.63, 3.8) is 0 Å². The summed E-state index contributed by atoms with van der Waals surface area (Å²) in [4.78, 5) is 25.7. The number of hydrogen-bond acceptors (Lipinski definition) is 6. The summed E-state index contributed by atoms with van der Waals surface area (Å²) < 4.78 is 59.1. The summed E-state index contributed by atoms with van der Waals surface area (Å²) in [5, 5.41) is 13.7. The van der Waals surface area contributed by atoms with Gasteiger partial charge in [-0.05, 0) is 73.5 Å². The Kier molecular flexibility index (Phi) is 9.81. The van der Waals surface area contributed by atoms with Crippen LogP contribution < -0.4 is 4.74 Å². The van der Waals surface area contributed by atoms with E-state index in [9.17, 15) is 27.9 Å². The molecule has 9 nitrogen and oxygen atoms in total. The molecule has 0 unspecified atom stereocenters. The number of aromatic nitrogens is 2. The predicted molar refractivity (Wildman–Crippen MR) is 144 cm³/mol. The molecule has 1 amide bonds. The third-order valence-corrected chi connectivity index (χ3v) is 7.16. The Morgan fingerprint density at radius 3 is 2.40 bits per heavy atom. The van der Waals surface area contributed by atoms with Crippen molar-refractivity contribution in [2.75, 3.05) is 20.2 Å². The molecule has 13 heteroatoms. The lowest BCUT2D eigenvalue weighted by atomic mass is 9.97. The van der Waals surface area contributed by atoms with Gasteiger partial charge in [-0.25, -0.2) is 9.59 Å². The lowest BCUT2D eigenvalue weighted by Gasteiger charge is -2.33. The number of carbonyl (C=O) groups is 2. The van der Waals surface area contributed by atoms with Gasteiger partial charge >= 0.3 is 18.2 Å². The highest BCUT2D eigenvalue weighted by molar-refractivity contribution is 9.10. The van der Waals surface area contributed by atoms with Gasteiger partial charge in [-0.15, -0.1) is 5.10 Å². The minimum absolute atomic E-state index is 0.0240. The zero-order valence-corrected chi connectivity index (χ0v) is 24.6. The molecule has 2 heterocycles. The number of alkyl halides is 3. The molecule has 3 rings (SSSR count). The maximum atomic E-state index is 14.1. The summed E-state index contributed by atoms with van der Waals surface area (Å²) in [6.45, 7) is 7.74. The SMILES string of the molecule is CO/C=C(/C(=O)O)c1cccc(C)c1COc1nn(CC2CCN(C(=O)OC(C)(C)C)CC2)c(Br)c1C(F)(F)F. The van der Waals surface area contributed by atoms with E-state index in [-0.39, 0.29) is 34.8 Å². The quantitative estimate of drug-likeness (QED) is 0.270. The number of methoxy groups -OCH3 is 1. The highest BCUT2D eigenvalue weighted by Gasteiger charge is 2.41. The Morgan fingerprint density at radius 2 is 1.85 bits per heavy atom. The molecule has 0 aliphatic carbocycles. The lowest BCUT2D eigenvalue weighted by Crippen LogP contribution is -2.42. The van der Waals surface area contributed by atoms with Crippen molar-refractivity contribution in [3.8, 4) is 5.88 Å². The fourth-order valence-corrected chi connectivity index (χ4v) is 5.00. The number of carboxylic acids is 1. The van der Waals surface area contributed by atoms with Crippen molar-refractivity contribution in [2.24, 2.45) is 5.92 Å². The Hall–Kier alpha value is -3.22. The maximum absolute atomic E-state index is 14.1. The first-order valence-corrected chi connectivity index (χ1v) is 13.4. The molecule has 220 valence electrons. The van der Waals surface area contributed by atoms with E-state index in [1.54, 1.807) is 44.7 Å². The van der Waals surface area contributed by atoms with E-state index >= 15 is 0 Å². The molecule has 0 atom stereocenters. The number of piperidine rings is 1. The number of carbonyl (C=O) groups excluding carboxylic acids is 1.